The van der Waals surface area contributed by atoms with Crippen molar-refractivity contribution >= 4 is 17.4 Å². The number of nitrogens with zero attached hydrogens (tertiary/aromatic N) is 3. The fourth-order valence-electron chi connectivity index (χ4n) is 4.95. The van der Waals surface area contributed by atoms with Gasteiger partial charge >= 0.3 is 5.69 Å². The van der Waals surface area contributed by atoms with Crippen molar-refractivity contribution in [3.05, 3.63) is 92.6 Å². The molecule has 190 valence electrons. The third kappa shape index (κ3) is 6.12. The van der Waals surface area contributed by atoms with Gasteiger partial charge in [-0.3, -0.25) is 24.0 Å². The van der Waals surface area contributed by atoms with Gasteiger partial charge in [0.25, 0.3) is 5.56 Å². The number of likely N-dealkylation sites (N-methyl/N-ethyl adjacent to an activating group) is 1. The van der Waals surface area contributed by atoms with Crippen LogP contribution in [0.15, 0.2) is 70.3 Å². The molecule has 0 aliphatic carbocycles. The average Bonchev–Trinajstić information content (AvgIpc) is 2.89. The minimum atomic E-state index is -0.642. The van der Waals surface area contributed by atoms with E-state index in [1.807, 2.05) is 36.4 Å². The molecule has 1 saturated heterocycles. The monoisotopic (exact) mass is 489 g/mol. The first kappa shape index (κ1) is 25.4. The topological polar surface area (TPSA) is 104 Å². The third-order valence-electron chi connectivity index (χ3n) is 7.03. The minimum Gasteiger partial charge on any atom is -0.383 e. The maximum absolute atomic E-state index is 13.3. The van der Waals surface area contributed by atoms with Crippen LogP contribution >= 0.6 is 0 Å². The Bertz CT molecular complexity index is 1260. The molecule has 0 spiro atoms. The van der Waals surface area contributed by atoms with Crippen molar-refractivity contribution in [3.8, 4) is 0 Å². The Morgan fingerprint density at radius 2 is 1.61 bits per heavy atom. The first-order chi connectivity index (χ1) is 17.5. The van der Waals surface area contributed by atoms with Crippen molar-refractivity contribution in [2.45, 2.75) is 39.2 Å². The van der Waals surface area contributed by atoms with Crippen LogP contribution in [0.25, 0.3) is 0 Å². The van der Waals surface area contributed by atoms with E-state index >= 15 is 0 Å². The zero-order valence-electron chi connectivity index (χ0n) is 20.9. The molecular formula is C28H35N5O3. The lowest BCUT2D eigenvalue weighted by molar-refractivity contribution is -0.120. The van der Waals surface area contributed by atoms with Crippen LogP contribution < -0.4 is 21.9 Å². The van der Waals surface area contributed by atoms with E-state index in [9.17, 15) is 14.4 Å². The smallest absolute Gasteiger partial charge is 0.330 e. The summed E-state index contributed by atoms with van der Waals surface area (Å²) in [5, 5.41) is 0. The Labute approximate surface area is 211 Å². The third-order valence-corrected chi connectivity index (χ3v) is 7.03. The molecule has 1 aliphatic heterocycles. The number of hydrogen-bond acceptors (Lipinski definition) is 5. The average molecular weight is 490 g/mol. The van der Waals surface area contributed by atoms with Gasteiger partial charge in [-0.15, -0.1) is 0 Å². The Morgan fingerprint density at radius 3 is 2.22 bits per heavy atom. The van der Waals surface area contributed by atoms with E-state index in [4.69, 9.17) is 5.73 Å². The SMILES string of the molecule is CCN(C(=O)CN1CCC(CCc2ccccc2)CC1)c1c(N)n(Cc2ccccc2)c(=O)[nH]c1=O. The maximum Gasteiger partial charge on any atom is 0.330 e. The van der Waals surface area contributed by atoms with Crippen LogP contribution in [0.2, 0.25) is 0 Å². The number of aryl methyl sites for hydroxylation is 1. The highest BCUT2D eigenvalue weighted by Gasteiger charge is 2.26. The number of benzene rings is 2. The molecule has 8 heteroatoms. The largest absolute Gasteiger partial charge is 0.383 e. The predicted octanol–water partition coefficient (Wildman–Crippen LogP) is 2.86. The van der Waals surface area contributed by atoms with Gasteiger partial charge in [-0.2, -0.15) is 0 Å². The van der Waals surface area contributed by atoms with Crippen LogP contribution in [0.3, 0.4) is 0 Å². The van der Waals surface area contributed by atoms with E-state index in [1.54, 1.807) is 6.92 Å². The summed E-state index contributed by atoms with van der Waals surface area (Å²) in [6.07, 6.45) is 4.34. The van der Waals surface area contributed by atoms with Gasteiger partial charge in [0.1, 0.15) is 5.82 Å². The number of nitrogens with two attached hydrogens (primary N) is 1. The molecular weight excluding hydrogens is 454 g/mol. The fraction of sp³-hybridized carbons (Fsp3) is 0.393. The molecule has 1 aliphatic rings. The summed E-state index contributed by atoms with van der Waals surface area (Å²) in [4.78, 5) is 44.4. The number of nitrogen functional groups attached to an aromatic ring is 1. The highest BCUT2D eigenvalue weighted by molar-refractivity contribution is 5.96. The van der Waals surface area contributed by atoms with Gasteiger partial charge in [-0.1, -0.05) is 60.7 Å². The Hall–Kier alpha value is -3.65. The fourth-order valence-corrected chi connectivity index (χ4v) is 4.95. The lowest BCUT2D eigenvalue weighted by atomic mass is 9.90. The van der Waals surface area contributed by atoms with Gasteiger partial charge in [0.2, 0.25) is 5.91 Å². The summed E-state index contributed by atoms with van der Waals surface area (Å²) < 4.78 is 1.31. The van der Waals surface area contributed by atoms with Crippen LogP contribution in [-0.4, -0.2) is 46.5 Å². The molecule has 4 rings (SSSR count). The number of carbonyl (C=O) groups is 1. The predicted molar refractivity (Wildman–Crippen MR) is 143 cm³/mol. The van der Waals surface area contributed by atoms with Gasteiger partial charge in [0.15, 0.2) is 5.69 Å². The van der Waals surface area contributed by atoms with Crippen molar-refractivity contribution in [1.82, 2.24) is 14.5 Å². The van der Waals surface area contributed by atoms with Crippen molar-refractivity contribution in [1.29, 1.82) is 0 Å². The minimum absolute atomic E-state index is 0.00224. The van der Waals surface area contributed by atoms with E-state index in [1.165, 1.54) is 15.0 Å². The van der Waals surface area contributed by atoms with Gasteiger partial charge in [0.05, 0.1) is 13.1 Å². The maximum atomic E-state index is 13.3. The first-order valence-electron chi connectivity index (χ1n) is 12.7. The number of aromatic nitrogens is 2. The summed E-state index contributed by atoms with van der Waals surface area (Å²) in [6, 6.07) is 19.9. The van der Waals surface area contributed by atoms with Crippen LogP contribution in [0.4, 0.5) is 11.5 Å². The molecule has 2 aromatic carbocycles. The normalized spacial score (nSPS) is 14.6. The van der Waals surface area contributed by atoms with Gasteiger partial charge in [0, 0.05) is 6.54 Å². The van der Waals surface area contributed by atoms with E-state index in [0.29, 0.717) is 5.92 Å². The number of nitrogens with one attached hydrogen (secondary N) is 1. The molecule has 0 radical (unpaired) electrons. The van der Waals surface area contributed by atoms with Gasteiger partial charge in [-0.25, -0.2) is 4.79 Å². The molecule has 36 heavy (non-hydrogen) atoms. The Morgan fingerprint density at radius 1 is 1.00 bits per heavy atom. The Kier molecular flexibility index (Phi) is 8.38. The number of carbonyl (C=O) groups excluding carboxylic acids is 1. The molecule has 0 unspecified atom stereocenters. The lowest BCUT2D eigenvalue weighted by Gasteiger charge is -2.33. The number of amides is 1. The highest BCUT2D eigenvalue weighted by Crippen LogP contribution is 2.23. The van der Waals surface area contributed by atoms with E-state index < -0.39 is 11.2 Å². The number of aromatic amines is 1. The molecule has 0 saturated carbocycles. The van der Waals surface area contributed by atoms with Crippen LogP contribution in [0, 0.1) is 5.92 Å². The molecule has 3 aromatic rings. The lowest BCUT2D eigenvalue weighted by Crippen LogP contribution is -2.46. The highest BCUT2D eigenvalue weighted by atomic mass is 16.2. The summed E-state index contributed by atoms with van der Waals surface area (Å²) >= 11 is 0. The zero-order valence-corrected chi connectivity index (χ0v) is 20.9. The summed E-state index contributed by atoms with van der Waals surface area (Å²) in [5.41, 5.74) is 7.35. The molecule has 2 heterocycles. The molecule has 0 atom stereocenters. The quantitative estimate of drug-likeness (QED) is 0.481. The molecule has 1 aromatic heterocycles. The second-order valence-corrected chi connectivity index (χ2v) is 9.45. The van der Waals surface area contributed by atoms with Crippen LogP contribution in [0.1, 0.15) is 37.3 Å². The van der Waals surface area contributed by atoms with Crippen LogP contribution in [-0.2, 0) is 17.8 Å². The second kappa shape index (κ2) is 11.9. The van der Waals surface area contributed by atoms with Crippen molar-refractivity contribution in [3.63, 3.8) is 0 Å². The summed E-state index contributed by atoms with van der Waals surface area (Å²) in [6.45, 7) is 4.21. The molecule has 8 nitrogen and oxygen atoms in total. The molecule has 3 N–H and O–H groups in total. The standard InChI is InChI=1S/C28H35N5O3/c1-2-32(25-26(29)33(28(36)30-27(25)35)19-23-11-7-4-8-12-23)24(34)20-31-17-15-22(16-18-31)14-13-21-9-5-3-6-10-21/h3-12,22H,2,13-20,29H2,1H3,(H,30,35,36). The number of likely N-dealkylation sites (tertiary alicyclic amines) is 1. The Balaban J connectivity index is 1.40. The van der Waals surface area contributed by atoms with Gasteiger partial charge in [-0.05, 0) is 62.7 Å². The van der Waals surface area contributed by atoms with Gasteiger partial charge < -0.3 is 10.6 Å². The number of piperidine rings is 1. The number of anilines is 2. The zero-order chi connectivity index (χ0) is 25.5. The number of H-pyrrole nitrogens is 1. The second-order valence-electron chi connectivity index (χ2n) is 9.45. The van der Waals surface area contributed by atoms with Crippen molar-refractivity contribution < 1.29 is 4.79 Å². The van der Waals surface area contributed by atoms with E-state index in [-0.39, 0.29) is 37.0 Å². The first-order valence-corrected chi connectivity index (χ1v) is 12.7. The van der Waals surface area contributed by atoms with Crippen LogP contribution in [0.5, 0.6) is 0 Å². The number of hydrogen-bond donors (Lipinski definition) is 2. The molecule has 1 fully saturated rings. The molecule has 0 bridgehead atoms. The molecule has 1 amide bonds. The van der Waals surface area contributed by atoms with E-state index in [2.05, 4.69) is 34.1 Å². The van der Waals surface area contributed by atoms with Crippen molar-refractivity contribution in [2.75, 3.05) is 36.8 Å². The summed E-state index contributed by atoms with van der Waals surface area (Å²) in [7, 11) is 0. The number of rotatable bonds is 9. The van der Waals surface area contributed by atoms with Crippen molar-refractivity contribution in [2.24, 2.45) is 5.92 Å². The van der Waals surface area contributed by atoms with E-state index in [0.717, 1.165) is 44.3 Å². The summed E-state index contributed by atoms with van der Waals surface area (Å²) in [5.74, 6) is 0.462.